The molecular formula is C8H7BrFN3. The van der Waals surface area contributed by atoms with Gasteiger partial charge < -0.3 is 5.73 Å². The minimum atomic E-state index is -0.380. The first-order valence-electron chi connectivity index (χ1n) is 3.69. The quantitative estimate of drug-likeness (QED) is 0.771. The molecule has 0 aliphatic heterocycles. The van der Waals surface area contributed by atoms with E-state index in [1.165, 1.54) is 10.5 Å². The fourth-order valence-corrected chi connectivity index (χ4v) is 1.61. The lowest BCUT2D eigenvalue weighted by Gasteiger charge is -1.98. The van der Waals surface area contributed by atoms with Crippen LogP contribution in [0.15, 0.2) is 16.7 Å². The van der Waals surface area contributed by atoms with Gasteiger partial charge in [0.05, 0.1) is 5.69 Å². The normalized spacial score (nSPS) is 11.0. The molecular weight excluding hydrogens is 237 g/mol. The predicted octanol–water partition coefficient (Wildman–Crippen LogP) is 2.13. The maximum atomic E-state index is 13.3. The molecule has 2 aromatic rings. The van der Waals surface area contributed by atoms with Crippen LogP contribution in [-0.4, -0.2) is 9.38 Å². The molecule has 0 amide bonds. The number of aromatic nitrogens is 2. The molecule has 0 bridgehead atoms. The molecule has 2 rings (SSSR count). The van der Waals surface area contributed by atoms with Gasteiger partial charge in [-0.25, -0.2) is 9.37 Å². The Morgan fingerprint density at radius 1 is 1.62 bits per heavy atom. The van der Waals surface area contributed by atoms with Crippen LogP contribution < -0.4 is 5.73 Å². The van der Waals surface area contributed by atoms with Gasteiger partial charge in [0, 0.05) is 10.7 Å². The van der Waals surface area contributed by atoms with E-state index in [0.717, 1.165) is 0 Å². The summed E-state index contributed by atoms with van der Waals surface area (Å²) in [6, 6.07) is 1.36. The molecule has 68 valence electrons. The van der Waals surface area contributed by atoms with Gasteiger partial charge in [0.1, 0.15) is 5.82 Å². The Bertz CT molecular complexity index is 478. The molecule has 3 nitrogen and oxygen atoms in total. The van der Waals surface area contributed by atoms with Gasteiger partial charge in [-0.2, -0.15) is 0 Å². The maximum Gasteiger partial charge on any atom is 0.175 e. The minimum absolute atomic E-state index is 0.262. The van der Waals surface area contributed by atoms with Crippen molar-refractivity contribution in [2.45, 2.75) is 6.92 Å². The Balaban J connectivity index is 2.94. The van der Waals surface area contributed by atoms with Crippen LogP contribution in [0.25, 0.3) is 5.65 Å². The molecule has 13 heavy (non-hydrogen) atoms. The van der Waals surface area contributed by atoms with Gasteiger partial charge in [0.15, 0.2) is 11.5 Å². The van der Waals surface area contributed by atoms with E-state index < -0.39 is 0 Å². The fraction of sp³-hybridized carbons (Fsp3) is 0.125. The second kappa shape index (κ2) is 2.70. The van der Waals surface area contributed by atoms with E-state index in [0.29, 0.717) is 16.0 Å². The van der Waals surface area contributed by atoms with Crippen molar-refractivity contribution in [3.05, 3.63) is 28.2 Å². The van der Waals surface area contributed by atoms with Crippen molar-refractivity contribution in [1.29, 1.82) is 0 Å². The average Bonchev–Trinajstić information content (AvgIpc) is 2.32. The smallest absolute Gasteiger partial charge is 0.175 e. The first kappa shape index (κ1) is 8.50. The largest absolute Gasteiger partial charge is 0.383 e. The topological polar surface area (TPSA) is 43.3 Å². The van der Waals surface area contributed by atoms with Crippen molar-refractivity contribution in [2.24, 2.45) is 0 Å². The number of imidazole rings is 1. The van der Waals surface area contributed by atoms with Crippen LogP contribution in [0.1, 0.15) is 5.69 Å². The third kappa shape index (κ3) is 1.19. The summed E-state index contributed by atoms with van der Waals surface area (Å²) in [5.74, 6) is 0.0874. The third-order valence-electron chi connectivity index (χ3n) is 1.86. The Morgan fingerprint density at radius 3 is 3.00 bits per heavy atom. The average molecular weight is 244 g/mol. The highest BCUT2D eigenvalue weighted by molar-refractivity contribution is 9.10. The standard InChI is InChI=1S/C8H7BrFN3/c1-4-7(11)13-3-5(9)2-6(10)8(13)12-4/h2-3H,11H2,1H3. The molecule has 2 heterocycles. The lowest BCUT2D eigenvalue weighted by atomic mass is 10.4. The molecule has 2 N–H and O–H groups in total. The summed E-state index contributed by atoms with van der Waals surface area (Å²) < 4.78 is 15.4. The molecule has 0 fully saturated rings. The van der Waals surface area contributed by atoms with Crippen LogP contribution in [0.5, 0.6) is 0 Å². The number of fused-ring (bicyclic) bond motifs is 1. The Labute approximate surface area is 82.5 Å². The molecule has 0 aliphatic rings. The van der Waals surface area contributed by atoms with Crippen molar-refractivity contribution in [1.82, 2.24) is 9.38 Å². The van der Waals surface area contributed by atoms with E-state index in [1.54, 1.807) is 13.1 Å². The highest BCUT2D eigenvalue weighted by Gasteiger charge is 2.09. The first-order valence-corrected chi connectivity index (χ1v) is 4.48. The van der Waals surface area contributed by atoms with E-state index >= 15 is 0 Å². The summed E-state index contributed by atoms with van der Waals surface area (Å²) in [5.41, 5.74) is 6.59. The van der Waals surface area contributed by atoms with Crippen molar-refractivity contribution in [2.75, 3.05) is 5.73 Å². The molecule has 0 aromatic carbocycles. The number of hydrogen-bond donors (Lipinski definition) is 1. The summed E-state index contributed by atoms with van der Waals surface area (Å²) in [6.07, 6.45) is 1.69. The number of nitrogen functional groups attached to an aromatic ring is 1. The zero-order chi connectivity index (χ0) is 9.59. The van der Waals surface area contributed by atoms with Gasteiger partial charge in [-0.05, 0) is 28.9 Å². The van der Waals surface area contributed by atoms with E-state index in [1.807, 2.05) is 0 Å². The van der Waals surface area contributed by atoms with Gasteiger partial charge >= 0.3 is 0 Å². The van der Waals surface area contributed by atoms with Crippen molar-refractivity contribution < 1.29 is 4.39 Å². The fourth-order valence-electron chi connectivity index (χ4n) is 1.20. The van der Waals surface area contributed by atoms with Crippen LogP contribution in [0, 0.1) is 12.7 Å². The summed E-state index contributed by atoms with van der Waals surface area (Å²) in [7, 11) is 0. The monoisotopic (exact) mass is 243 g/mol. The molecule has 0 unspecified atom stereocenters. The van der Waals surface area contributed by atoms with E-state index in [4.69, 9.17) is 5.73 Å². The molecule has 0 aliphatic carbocycles. The number of pyridine rings is 1. The summed E-state index contributed by atoms with van der Waals surface area (Å²) >= 11 is 3.18. The third-order valence-corrected chi connectivity index (χ3v) is 2.30. The number of nitrogens with two attached hydrogens (primary N) is 1. The van der Waals surface area contributed by atoms with Crippen LogP contribution in [0.2, 0.25) is 0 Å². The van der Waals surface area contributed by atoms with Crippen molar-refractivity contribution in [3.63, 3.8) is 0 Å². The highest BCUT2D eigenvalue weighted by atomic mass is 79.9. The van der Waals surface area contributed by atoms with Crippen LogP contribution >= 0.6 is 15.9 Å². The molecule has 2 aromatic heterocycles. The zero-order valence-electron chi connectivity index (χ0n) is 6.88. The number of aryl methyl sites for hydroxylation is 1. The zero-order valence-corrected chi connectivity index (χ0v) is 8.47. The number of hydrogen-bond acceptors (Lipinski definition) is 2. The van der Waals surface area contributed by atoms with E-state index in [2.05, 4.69) is 20.9 Å². The molecule has 0 atom stereocenters. The van der Waals surface area contributed by atoms with Crippen LogP contribution in [-0.2, 0) is 0 Å². The highest BCUT2D eigenvalue weighted by Crippen LogP contribution is 2.20. The molecule has 0 spiro atoms. The van der Waals surface area contributed by atoms with E-state index in [9.17, 15) is 4.39 Å². The van der Waals surface area contributed by atoms with Gasteiger partial charge in [0.25, 0.3) is 0 Å². The number of nitrogens with zero attached hydrogens (tertiary/aromatic N) is 2. The SMILES string of the molecule is Cc1nc2c(F)cc(Br)cn2c1N. The predicted molar refractivity (Wildman–Crippen MR) is 52.0 cm³/mol. The molecule has 0 radical (unpaired) electrons. The number of rotatable bonds is 0. The van der Waals surface area contributed by atoms with Crippen LogP contribution in [0.4, 0.5) is 10.2 Å². The Morgan fingerprint density at radius 2 is 2.31 bits per heavy atom. The first-order chi connectivity index (χ1) is 6.09. The molecule has 0 saturated heterocycles. The van der Waals surface area contributed by atoms with Gasteiger partial charge in [0.2, 0.25) is 0 Å². The second-order valence-corrected chi connectivity index (χ2v) is 3.70. The summed E-state index contributed by atoms with van der Waals surface area (Å²) in [5, 5.41) is 0. The molecule has 5 heteroatoms. The van der Waals surface area contributed by atoms with Crippen molar-refractivity contribution >= 4 is 27.4 Å². The Kier molecular flexibility index (Phi) is 1.76. The summed E-state index contributed by atoms with van der Waals surface area (Å²) in [6.45, 7) is 1.75. The van der Waals surface area contributed by atoms with Gasteiger partial charge in [-0.3, -0.25) is 4.40 Å². The van der Waals surface area contributed by atoms with Gasteiger partial charge in [-0.1, -0.05) is 0 Å². The number of halogens is 2. The second-order valence-electron chi connectivity index (χ2n) is 2.78. The minimum Gasteiger partial charge on any atom is -0.383 e. The molecule has 0 saturated carbocycles. The van der Waals surface area contributed by atoms with E-state index in [-0.39, 0.29) is 11.5 Å². The lowest BCUT2D eigenvalue weighted by molar-refractivity contribution is 0.629. The van der Waals surface area contributed by atoms with Crippen LogP contribution in [0.3, 0.4) is 0 Å². The summed E-state index contributed by atoms with van der Waals surface area (Å²) in [4.78, 5) is 4.00. The Hall–Kier alpha value is -1.10. The van der Waals surface area contributed by atoms with Gasteiger partial charge in [-0.15, -0.1) is 0 Å². The maximum absolute atomic E-state index is 13.3. The number of anilines is 1. The lowest BCUT2D eigenvalue weighted by Crippen LogP contribution is -1.95. The van der Waals surface area contributed by atoms with Crippen molar-refractivity contribution in [3.8, 4) is 0 Å².